The molecule has 4 saturated carbocycles. The van der Waals surface area contributed by atoms with Crippen LogP contribution in [-0.4, -0.2) is 11.6 Å². The molecule has 0 aliphatic heterocycles. The number of fused-ring (bicyclic) bond motifs is 5. The van der Waals surface area contributed by atoms with Gasteiger partial charge in [-0.15, -0.1) is 0 Å². The van der Waals surface area contributed by atoms with E-state index in [9.17, 15) is 9.59 Å². The van der Waals surface area contributed by atoms with Crippen LogP contribution in [0.4, 0.5) is 0 Å². The van der Waals surface area contributed by atoms with E-state index in [1.165, 1.54) is 32.1 Å². The fourth-order valence-electron chi connectivity index (χ4n) is 7.74. The lowest BCUT2D eigenvalue weighted by Crippen LogP contribution is -2.52. The monoisotopic (exact) mass is 316 g/mol. The Morgan fingerprint density at radius 2 is 1.65 bits per heavy atom. The van der Waals surface area contributed by atoms with E-state index in [-0.39, 0.29) is 10.8 Å². The van der Waals surface area contributed by atoms with Crippen LogP contribution in [-0.2, 0) is 9.59 Å². The highest BCUT2D eigenvalue weighted by atomic mass is 16.1. The quantitative estimate of drug-likeness (QED) is 0.696. The van der Waals surface area contributed by atoms with Crippen molar-refractivity contribution in [2.75, 3.05) is 0 Å². The number of rotatable bonds is 1. The molecule has 7 atom stereocenters. The summed E-state index contributed by atoms with van der Waals surface area (Å²) in [6, 6.07) is 0. The summed E-state index contributed by atoms with van der Waals surface area (Å²) < 4.78 is 0. The maximum absolute atomic E-state index is 12.1. The highest BCUT2D eigenvalue weighted by molar-refractivity contribution is 5.80. The van der Waals surface area contributed by atoms with Gasteiger partial charge in [-0.3, -0.25) is 9.59 Å². The lowest BCUT2D eigenvalue weighted by molar-refractivity contribution is -0.139. The molecule has 2 heteroatoms. The second kappa shape index (κ2) is 5.17. The van der Waals surface area contributed by atoms with Crippen LogP contribution in [0.5, 0.6) is 0 Å². The van der Waals surface area contributed by atoms with Crippen LogP contribution in [0.25, 0.3) is 0 Å². The lowest BCUT2D eigenvalue weighted by Gasteiger charge is -2.58. The minimum Gasteiger partial charge on any atom is -0.300 e. The third-order valence-electron chi connectivity index (χ3n) is 8.78. The highest BCUT2D eigenvalue weighted by Gasteiger charge is 2.59. The minimum atomic E-state index is 0.269. The van der Waals surface area contributed by atoms with Crippen molar-refractivity contribution < 1.29 is 9.59 Å². The van der Waals surface area contributed by atoms with Crippen molar-refractivity contribution in [3.05, 3.63) is 0 Å². The molecule has 0 saturated heterocycles. The zero-order valence-corrected chi connectivity index (χ0v) is 15.1. The molecule has 4 rings (SSSR count). The maximum atomic E-state index is 12.1. The largest absolute Gasteiger partial charge is 0.300 e. The van der Waals surface area contributed by atoms with Crippen LogP contribution in [0.3, 0.4) is 0 Å². The van der Waals surface area contributed by atoms with Gasteiger partial charge in [0.15, 0.2) is 0 Å². The van der Waals surface area contributed by atoms with E-state index in [0.29, 0.717) is 17.5 Å². The zero-order valence-electron chi connectivity index (χ0n) is 15.1. The van der Waals surface area contributed by atoms with Crippen molar-refractivity contribution in [3.63, 3.8) is 0 Å². The van der Waals surface area contributed by atoms with E-state index >= 15 is 0 Å². The van der Waals surface area contributed by atoms with Crippen LogP contribution in [0.2, 0.25) is 0 Å². The number of carbonyl (C=O) groups excluding carboxylic acids is 2. The summed E-state index contributed by atoms with van der Waals surface area (Å²) >= 11 is 0. The number of Topliss-reactive ketones (excluding diaryl/α,β-unsaturated/α-hetero) is 2. The van der Waals surface area contributed by atoms with Gasteiger partial charge < -0.3 is 0 Å². The predicted octanol–water partition coefficient (Wildman–Crippen LogP) is 4.80. The molecule has 0 N–H and O–H groups in total. The topological polar surface area (TPSA) is 34.1 Å². The van der Waals surface area contributed by atoms with Gasteiger partial charge in [-0.2, -0.15) is 0 Å². The van der Waals surface area contributed by atoms with Crippen LogP contribution in [0, 0.1) is 40.4 Å². The first-order valence-electron chi connectivity index (χ1n) is 9.87. The predicted molar refractivity (Wildman–Crippen MR) is 90.9 cm³/mol. The molecule has 0 heterocycles. The van der Waals surface area contributed by atoms with E-state index < -0.39 is 0 Å². The molecular formula is C21H32O2. The Morgan fingerprint density at radius 1 is 0.957 bits per heavy atom. The van der Waals surface area contributed by atoms with E-state index in [0.717, 1.165) is 49.4 Å². The average Bonchev–Trinajstić information content (AvgIpc) is 2.83. The molecule has 23 heavy (non-hydrogen) atoms. The lowest BCUT2D eigenvalue weighted by atomic mass is 9.46. The first-order valence-corrected chi connectivity index (χ1v) is 9.87. The summed E-state index contributed by atoms with van der Waals surface area (Å²) in [5.74, 6) is 4.42. The van der Waals surface area contributed by atoms with E-state index in [1.54, 1.807) is 0 Å². The molecule has 0 unspecified atom stereocenters. The molecule has 0 aromatic carbocycles. The van der Waals surface area contributed by atoms with Crippen molar-refractivity contribution in [3.8, 4) is 0 Å². The Bertz CT molecular complexity index is 538. The summed E-state index contributed by atoms with van der Waals surface area (Å²) in [6.45, 7) is 6.63. The normalized spacial score (nSPS) is 52.5. The fraction of sp³-hybridized carbons (Fsp3) is 0.905. The summed E-state index contributed by atoms with van der Waals surface area (Å²) in [7, 11) is 0. The Hall–Kier alpha value is -0.660. The van der Waals surface area contributed by atoms with Gasteiger partial charge in [0.2, 0.25) is 0 Å². The number of hydrogen-bond acceptors (Lipinski definition) is 2. The Morgan fingerprint density at radius 3 is 2.39 bits per heavy atom. The summed E-state index contributed by atoms with van der Waals surface area (Å²) in [4.78, 5) is 24.1. The minimum absolute atomic E-state index is 0.269. The van der Waals surface area contributed by atoms with Crippen LogP contribution >= 0.6 is 0 Å². The molecular weight excluding hydrogens is 284 g/mol. The number of carbonyl (C=O) groups is 2. The summed E-state index contributed by atoms with van der Waals surface area (Å²) in [5.41, 5.74) is 0.550. The van der Waals surface area contributed by atoms with E-state index in [2.05, 4.69) is 13.8 Å². The van der Waals surface area contributed by atoms with Crippen molar-refractivity contribution >= 4 is 11.6 Å². The van der Waals surface area contributed by atoms with E-state index in [4.69, 9.17) is 0 Å². The van der Waals surface area contributed by atoms with Gasteiger partial charge >= 0.3 is 0 Å². The maximum Gasteiger partial charge on any atom is 0.133 e. The van der Waals surface area contributed by atoms with Crippen LogP contribution in [0.1, 0.15) is 78.6 Å². The van der Waals surface area contributed by atoms with Crippen molar-refractivity contribution in [2.45, 2.75) is 78.6 Å². The van der Waals surface area contributed by atoms with Gasteiger partial charge in [0.25, 0.3) is 0 Å². The Labute approximate surface area is 140 Å². The molecule has 0 bridgehead atoms. The zero-order chi connectivity index (χ0) is 16.4. The standard InChI is InChI=1S/C21H32O2/c1-13(22)17-6-7-19-16-8-10-20(2)12-14(23)4-5-18(20)15(16)9-11-21(17,19)3/h15-19H,4-12H2,1-3H3/t15-,16+,17+,18+,19-,20+,21+/m0/s1. The molecule has 0 aromatic heterocycles. The molecule has 0 radical (unpaired) electrons. The van der Waals surface area contributed by atoms with Crippen molar-refractivity contribution in [1.82, 2.24) is 0 Å². The van der Waals surface area contributed by atoms with Gasteiger partial charge in [-0.25, -0.2) is 0 Å². The van der Waals surface area contributed by atoms with Gasteiger partial charge in [-0.1, -0.05) is 13.8 Å². The SMILES string of the molecule is CC(=O)[C@H]1CC[C@H]2[C@@H]3CC[C@]4(C)CC(=O)CC[C@@H]4[C@H]3CC[C@]12C. The third-order valence-corrected chi connectivity index (χ3v) is 8.78. The average molecular weight is 316 g/mol. The molecule has 4 aliphatic rings. The van der Waals surface area contributed by atoms with Gasteiger partial charge in [0, 0.05) is 18.8 Å². The first kappa shape index (κ1) is 15.8. The summed E-state index contributed by atoms with van der Waals surface area (Å²) in [6.07, 6.45) is 10.3. The number of ketones is 2. The Balaban J connectivity index is 1.61. The van der Waals surface area contributed by atoms with Crippen molar-refractivity contribution in [2.24, 2.45) is 40.4 Å². The molecule has 4 fully saturated rings. The molecule has 0 aromatic rings. The second-order valence-corrected chi connectivity index (χ2v) is 9.77. The highest BCUT2D eigenvalue weighted by Crippen LogP contribution is 2.66. The van der Waals surface area contributed by atoms with Crippen molar-refractivity contribution in [1.29, 1.82) is 0 Å². The summed E-state index contributed by atoms with van der Waals surface area (Å²) in [5, 5.41) is 0. The fourth-order valence-corrected chi connectivity index (χ4v) is 7.74. The molecule has 4 aliphatic carbocycles. The van der Waals surface area contributed by atoms with Gasteiger partial charge in [0.1, 0.15) is 11.6 Å². The van der Waals surface area contributed by atoms with Gasteiger partial charge in [-0.05, 0) is 86.4 Å². The van der Waals surface area contributed by atoms with E-state index in [1.807, 2.05) is 6.92 Å². The van der Waals surface area contributed by atoms with Crippen LogP contribution in [0.15, 0.2) is 0 Å². The second-order valence-electron chi connectivity index (χ2n) is 9.77. The molecule has 0 amide bonds. The molecule has 0 spiro atoms. The Kier molecular flexibility index (Phi) is 3.56. The number of hydrogen-bond donors (Lipinski definition) is 0. The third kappa shape index (κ3) is 2.19. The molecule has 2 nitrogen and oxygen atoms in total. The van der Waals surface area contributed by atoms with Crippen LogP contribution < -0.4 is 0 Å². The smallest absolute Gasteiger partial charge is 0.133 e. The molecule has 128 valence electrons. The van der Waals surface area contributed by atoms with Gasteiger partial charge in [0.05, 0.1) is 0 Å². The first-order chi connectivity index (χ1) is 10.8.